The zero-order valence-electron chi connectivity index (χ0n) is 12.4. The molecule has 0 heterocycles. The molecule has 124 valence electrons. The van der Waals surface area contributed by atoms with E-state index in [1.807, 2.05) is 0 Å². The topological polar surface area (TPSA) is 58.2 Å². The number of carbonyl (C=O) groups excluding carboxylic acids is 2. The standard InChI is InChI=1S/C17H13ClF2N2O2/c18-13-8-15(20)14(19)7-12(13)17(24)22-11-3-1-2-10(6-11)21-16(23)9-4-5-9/h1-3,6-9H,4-5H2,(H,21,23)(H,22,24). The molecule has 7 heteroatoms. The van der Waals surface area contributed by atoms with Crippen LogP contribution >= 0.6 is 11.6 Å². The minimum absolute atomic E-state index is 0.0536. The van der Waals surface area contributed by atoms with Gasteiger partial charge >= 0.3 is 0 Å². The van der Waals surface area contributed by atoms with E-state index in [1.54, 1.807) is 24.3 Å². The molecular formula is C17H13ClF2N2O2. The predicted octanol–water partition coefficient (Wildman–Crippen LogP) is 4.22. The Morgan fingerprint density at radius 1 is 1.00 bits per heavy atom. The van der Waals surface area contributed by atoms with Gasteiger partial charge < -0.3 is 10.6 Å². The molecule has 4 nitrogen and oxygen atoms in total. The van der Waals surface area contributed by atoms with Gasteiger partial charge in [0.25, 0.3) is 5.91 Å². The fraction of sp³-hybridized carbons (Fsp3) is 0.176. The smallest absolute Gasteiger partial charge is 0.257 e. The van der Waals surface area contributed by atoms with Crippen LogP contribution in [0.5, 0.6) is 0 Å². The molecule has 0 bridgehead atoms. The van der Waals surface area contributed by atoms with Crippen molar-refractivity contribution in [1.29, 1.82) is 0 Å². The molecule has 2 aromatic carbocycles. The maximum atomic E-state index is 13.3. The number of halogens is 3. The van der Waals surface area contributed by atoms with Gasteiger partial charge in [-0.25, -0.2) is 8.78 Å². The van der Waals surface area contributed by atoms with Crippen LogP contribution in [0.15, 0.2) is 36.4 Å². The SMILES string of the molecule is O=C(Nc1cccc(NC(=O)C2CC2)c1)c1cc(F)c(F)cc1Cl. The molecule has 3 rings (SSSR count). The molecule has 24 heavy (non-hydrogen) atoms. The van der Waals surface area contributed by atoms with Crippen molar-refractivity contribution in [2.45, 2.75) is 12.8 Å². The monoisotopic (exact) mass is 350 g/mol. The number of rotatable bonds is 4. The molecule has 1 fully saturated rings. The highest BCUT2D eigenvalue weighted by Crippen LogP contribution is 2.30. The van der Waals surface area contributed by atoms with Crippen LogP contribution in [0.4, 0.5) is 20.2 Å². The summed E-state index contributed by atoms with van der Waals surface area (Å²) in [7, 11) is 0. The molecule has 2 amide bonds. The highest BCUT2D eigenvalue weighted by atomic mass is 35.5. The van der Waals surface area contributed by atoms with Gasteiger partial charge in [0, 0.05) is 17.3 Å². The Morgan fingerprint density at radius 2 is 1.62 bits per heavy atom. The minimum atomic E-state index is -1.16. The van der Waals surface area contributed by atoms with Crippen LogP contribution in [0.1, 0.15) is 23.2 Å². The molecule has 2 aromatic rings. The van der Waals surface area contributed by atoms with Crippen molar-refractivity contribution in [1.82, 2.24) is 0 Å². The van der Waals surface area contributed by atoms with E-state index < -0.39 is 17.5 Å². The van der Waals surface area contributed by atoms with Crippen molar-refractivity contribution in [3.63, 3.8) is 0 Å². The number of carbonyl (C=O) groups is 2. The van der Waals surface area contributed by atoms with Crippen molar-refractivity contribution in [2.24, 2.45) is 5.92 Å². The van der Waals surface area contributed by atoms with Crippen molar-refractivity contribution < 1.29 is 18.4 Å². The van der Waals surface area contributed by atoms with Crippen LogP contribution < -0.4 is 10.6 Å². The third kappa shape index (κ3) is 3.71. The van der Waals surface area contributed by atoms with Crippen molar-refractivity contribution in [3.8, 4) is 0 Å². The summed E-state index contributed by atoms with van der Waals surface area (Å²) in [5.74, 6) is -2.95. The van der Waals surface area contributed by atoms with E-state index in [4.69, 9.17) is 11.6 Å². The van der Waals surface area contributed by atoms with E-state index in [0.717, 1.165) is 25.0 Å². The number of hydrogen-bond acceptors (Lipinski definition) is 2. The fourth-order valence-corrected chi connectivity index (χ4v) is 2.40. The van der Waals surface area contributed by atoms with Crippen LogP contribution in [-0.2, 0) is 4.79 Å². The normalized spacial score (nSPS) is 13.5. The molecule has 0 atom stereocenters. The van der Waals surface area contributed by atoms with E-state index in [9.17, 15) is 18.4 Å². The number of hydrogen-bond donors (Lipinski definition) is 2. The second-order valence-electron chi connectivity index (χ2n) is 5.54. The van der Waals surface area contributed by atoms with Gasteiger partial charge in [-0.2, -0.15) is 0 Å². The zero-order chi connectivity index (χ0) is 17.3. The first-order valence-electron chi connectivity index (χ1n) is 7.31. The summed E-state index contributed by atoms with van der Waals surface area (Å²) in [6.07, 6.45) is 1.77. The molecule has 1 aliphatic rings. The van der Waals surface area contributed by atoms with Gasteiger partial charge in [-0.05, 0) is 43.2 Å². The van der Waals surface area contributed by atoms with Gasteiger partial charge in [0.05, 0.1) is 10.6 Å². The first-order chi connectivity index (χ1) is 11.4. The van der Waals surface area contributed by atoms with Gasteiger partial charge in [-0.3, -0.25) is 9.59 Å². The largest absolute Gasteiger partial charge is 0.326 e. The quantitative estimate of drug-likeness (QED) is 0.811. The molecular weight excluding hydrogens is 338 g/mol. The lowest BCUT2D eigenvalue weighted by Crippen LogP contribution is -2.15. The Hall–Kier alpha value is -2.47. The third-order valence-electron chi connectivity index (χ3n) is 3.59. The molecule has 0 spiro atoms. The maximum Gasteiger partial charge on any atom is 0.257 e. The van der Waals surface area contributed by atoms with E-state index in [-0.39, 0.29) is 22.4 Å². The fourth-order valence-electron chi connectivity index (χ4n) is 2.16. The number of anilines is 2. The number of nitrogens with one attached hydrogen (secondary N) is 2. The first-order valence-corrected chi connectivity index (χ1v) is 7.68. The Kier molecular flexibility index (Phi) is 4.49. The summed E-state index contributed by atoms with van der Waals surface area (Å²) in [6.45, 7) is 0. The summed E-state index contributed by atoms with van der Waals surface area (Å²) in [6, 6.07) is 8.03. The van der Waals surface area contributed by atoms with Crippen LogP contribution in [0.2, 0.25) is 5.02 Å². The minimum Gasteiger partial charge on any atom is -0.326 e. The molecule has 2 N–H and O–H groups in total. The summed E-state index contributed by atoms with van der Waals surface area (Å²) in [5, 5.41) is 5.11. The third-order valence-corrected chi connectivity index (χ3v) is 3.90. The lowest BCUT2D eigenvalue weighted by atomic mass is 10.2. The van der Waals surface area contributed by atoms with E-state index in [2.05, 4.69) is 10.6 Å². The summed E-state index contributed by atoms with van der Waals surface area (Å²) in [5.41, 5.74) is 0.762. The van der Waals surface area contributed by atoms with Gasteiger partial charge in [0.2, 0.25) is 5.91 Å². The molecule has 0 radical (unpaired) electrons. The average molecular weight is 351 g/mol. The van der Waals surface area contributed by atoms with Gasteiger partial charge in [-0.1, -0.05) is 17.7 Å². The molecule has 0 saturated heterocycles. The molecule has 0 aromatic heterocycles. The van der Waals surface area contributed by atoms with Crippen LogP contribution in [-0.4, -0.2) is 11.8 Å². The lowest BCUT2D eigenvalue weighted by Gasteiger charge is -2.10. The summed E-state index contributed by atoms with van der Waals surface area (Å²) >= 11 is 5.78. The van der Waals surface area contributed by atoms with Crippen LogP contribution in [0.25, 0.3) is 0 Å². The first kappa shape index (κ1) is 16.4. The number of benzene rings is 2. The van der Waals surface area contributed by atoms with Gasteiger partial charge in [0.15, 0.2) is 11.6 Å². The summed E-state index contributed by atoms with van der Waals surface area (Å²) in [4.78, 5) is 23.9. The van der Waals surface area contributed by atoms with Crippen LogP contribution in [0, 0.1) is 17.6 Å². The highest BCUT2D eigenvalue weighted by Gasteiger charge is 2.29. The molecule has 0 aliphatic heterocycles. The lowest BCUT2D eigenvalue weighted by molar-refractivity contribution is -0.117. The Labute approximate surface area is 141 Å². The molecule has 1 saturated carbocycles. The van der Waals surface area contributed by atoms with E-state index in [1.165, 1.54) is 0 Å². The average Bonchev–Trinajstić information content (AvgIpc) is 3.36. The van der Waals surface area contributed by atoms with Gasteiger partial charge in [0.1, 0.15) is 0 Å². The zero-order valence-corrected chi connectivity index (χ0v) is 13.2. The van der Waals surface area contributed by atoms with E-state index >= 15 is 0 Å². The second kappa shape index (κ2) is 6.57. The Morgan fingerprint density at radius 3 is 2.29 bits per heavy atom. The van der Waals surface area contributed by atoms with Crippen molar-refractivity contribution in [2.75, 3.05) is 10.6 Å². The Bertz CT molecular complexity index is 822. The van der Waals surface area contributed by atoms with Crippen LogP contribution in [0.3, 0.4) is 0 Å². The summed E-state index contributed by atoms with van der Waals surface area (Å²) < 4.78 is 26.3. The van der Waals surface area contributed by atoms with Crippen molar-refractivity contribution >= 4 is 34.8 Å². The predicted molar refractivity (Wildman–Crippen MR) is 87.1 cm³/mol. The van der Waals surface area contributed by atoms with Crippen molar-refractivity contribution in [3.05, 3.63) is 58.6 Å². The molecule has 0 unspecified atom stereocenters. The second-order valence-corrected chi connectivity index (χ2v) is 5.95. The highest BCUT2D eigenvalue weighted by molar-refractivity contribution is 6.34. The van der Waals surface area contributed by atoms with Gasteiger partial charge in [-0.15, -0.1) is 0 Å². The Balaban J connectivity index is 1.74. The van der Waals surface area contributed by atoms with E-state index in [0.29, 0.717) is 11.4 Å². The number of amides is 2. The molecule has 1 aliphatic carbocycles. The maximum absolute atomic E-state index is 13.3.